The monoisotopic (exact) mass is 221 g/mol. The molecular weight excluding hydrogens is 206 g/mol. The fourth-order valence-corrected chi connectivity index (χ4v) is 1.87. The second-order valence-electron chi connectivity index (χ2n) is 3.66. The lowest BCUT2D eigenvalue weighted by Gasteiger charge is -2.31. The summed E-state index contributed by atoms with van der Waals surface area (Å²) < 4.78 is 10.4. The highest BCUT2D eigenvalue weighted by Crippen LogP contribution is 2.24. The van der Waals surface area contributed by atoms with Crippen molar-refractivity contribution in [2.75, 3.05) is 20.3 Å². The molecule has 16 heavy (non-hydrogen) atoms. The number of nitrogens with one attached hydrogen (secondary N) is 1. The molecule has 1 aromatic rings. The summed E-state index contributed by atoms with van der Waals surface area (Å²) in [6.07, 6.45) is -0.262. The Balaban J connectivity index is 2.20. The van der Waals surface area contributed by atoms with Crippen LogP contribution in [-0.2, 0) is 14.3 Å². The Kier molecular flexibility index (Phi) is 3.54. The topological polar surface area (TPSA) is 47.6 Å². The molecule has 0 spiro atoms. The van der Waals surface area contributed by atoms with Crippen LogP contribution >= 0.6 is 0 Å². The number of hydrogen-bond acceptors (Lipinski definition) is 4. The van der Waals surface area contributed by atoms with Crippen LogP contribution in [0.15, 0.2) is 30.3 Å². The van der Waals surface area contributed by atoms with Gasteiger partial charge in [-0.15, -0.1) is 0 Å². The van der Waals surface area contributed by atoms with Crippen molar-refractivity contribution in [2.24, 2.45) is 0 Å². The SMILES string of the molecule is COC(=O)[C@H]1NCCO[C@H]1c1ccccc1. The zero-order valence-electron chi connectivity index (χ0n) is 9.18. The molecule has 0 bridgehead atoms. The molecule has 1 fully saturated rings. The van der Waals surface area contributed by atoms with E-state index < -0.39 is 6.04 Å². The third-order valence-electron chi connectivity index (χ3n) is 2.65. The molecule has 1 N–H and O–H groups in total. The van der Waals surface area contributed by atoms with Gasteiger partial charge in [-0.2, -0.15) is 0 Å². The van der Waals surface area contributed by atoms with Crippen LogP contribution in [0, 0.1) is 0 Å². The molecule has 4 heteroatoms. The molecule has 0 radical (unpaired) electrons. The largest absolute Gasteiger partial charge is 0.468 e. The van der Waals surface area contributed by atoms with Gasteiger partial charge in [0.15, 0.2) is 0 Å². The normalized spacial score (nSPS) is 25.1. The summed E-state index contributed by atoms with van der Waals surface area (Å²) in [5.41, 5.74) is 0.991. The summed E-state index contributed by atoms with van der Waals surface area (Å²) in [5.74, 6) is -0.284. The van der Waals surface area contributed by atoms with Gasteiger partial charge in [0.25, 0.3) is 0 Å². The summed E-state index contributed by atoms with van der Waals surface area (Å²) >= 11 is 0. The van der Waals surface area contributed by atoms with Crippen LogP contribution in [0.2, 0.25) is 0 Å². The van der Waals surface area contributed by atoms with Crippen molar-refractivity contribution in [1.82, 2.24) is 5.32 Å². The van der Waals surface area contributed by atoms with Crippen LogP contribution in [0.5, 0.6) is 0 Å². The second kappa shape index (κ2) is 5.09. The number of carbonyl (C=O) groups is 1. The summed E-state index contributed by atoms with van der Waals surface area (Å²) in [6.45, 7) is 1.27. The minimum Gasteiger partial charge on any atom is -0.468 e. The molecule has 1 aliphatic rings. The minimum atomic E-state index is -0.416. The first kappa shape index (κ1) is 11.1. The van der Waals surface area contributed by atoms with Crippen LogP contribution in [0.3, 0.4) is 0 Å². The van der Waals surface area contributed by atoms with Crippen molar-refractivity contribution in [3.8, 4) is 0 Å². The first-order valence-corrected chi connectivity index (χ1v) is 5.30. The lowest BCUT2D eigenvalue weighted by atomic mass is 10.0. The van der Waals surface area contributed by atoms with Gasteiger partial charge in [0.05, 0.1) is 13.7 Å². The molecule has 86 valence electrons. The van der Waals surface area contributed by atoms with Crippen LogP contribution in [0.4, 0.5) is 0 Å². The number of carbonyl (C=O) groups excluding carboxylic acids is 1. The fraction of sp³-hybridized carbons (Fsp3) is 0.417. The van der Waals surface area contributed by atoms with Crippen molar-refractivity contribution >= 4 is 5.97 Å². The van der Waals surface area contributed by atoms with Crippen LogP contribution in [-0.4, -0.2) is 32.3 Å². The number of esters is 1. The fourth-order valence-electron chi connectivity index (χ4n) is 1.87. The average Bonchev–Trinajstić information content (AvgIpc) is 2.39. The number of morpholine rings is 1. The van der Waals surface area contributed by atoms with E-state index >= 15 is 0 Å². The van der Waals surface area contributed by atoms with E-state index in [2.05, 4.69) is 5.32 Å². The molecule has 1 aliphatic heterocycles. The molecule has 0 amide bonds. The highest BCUT2D eigenvalue weighted by molar-refractivity contribution is 5.76. The zero-order chi connectivity index (χ0) is 11.4. The minimum absolute atomic E-state index is 0.262. The smallest absolute Gasteiger partial charge is 0.325 e. The standard InChI is InChI=1S/C12H15NO3/c1-15-12(14)10-11(16-8-7-13-10)9-5-3-2-4-6-9/h2-6,10-11,13H,7-8H2,1H3/t10-,11-/m0/s1. The van der Waals surface area contributed by atoms with Crippen molar-refractivity contribution in [2.45, 2.75) is 12.1 Å². The summed E-state index contributed by atoms with van der Waals surface area (Å²) in [7, 11) is 1.39. The lowest BCUT2D eigenvalue weighted by Crippen LogP contribution is -2.48. The highest BCUT2D eigenvalue weighted by Gasteiger charge is 2.33. The second-order valence-corrected chi connectivity index (χ2v) is 3.66. The summed E-state index contributed by atoms with van der Waals surface area (Å²) in [5, 5.41) is 3.12. The summed E-state index contributed by atoms with van der Waals surface area (Å²) in [4.78, 5) is 11.6. The number of hydrogen-bond donors (Lipinski definition) is 1. The van der Waals surface area contributed by atoms with E-state index in [0.717, 1.165) is 5.56 Å². The zero-order valence-corrected chi connectivity index (χ0v) is 9.18. The maximum Gasteiger partial charge on any atom is 0.325 e. The van der Waals surface area contributed by atoms with E-state index in [-0.39, 0.29) is 12.1 Å². The molecule has 0 unspecified atom stereocenters. The van der Waals surface area contributed by atoms with Gasteiger partial charge < -0.3 is 9.47 Å². The highest BCUT2D eigenvalue weighted by atomic mass is 16.5. The first-order chi connectivity index (χ1) is 7.83. The van der Waals surface area contributed by atoms with Gasteiger partial charge in [-0.3, -0.25) is 10.1 Å². The predicted octanol–water partition coefficient (Wildman–Crippen LogP) is 0.889. The molecule has 1 aromatic carbocycles. The van der Waals surface area contributed by atoms with Crippen molar-refractivity contribution in [1.29, 1.82) is 0 Å². The predicted molar refractivity (Wildman–Crippen MR) is 58.9 cm³/mol. The van der Waals surface area contributed by atoms with E-state index in [0.29, 0.717) is 13.2 Å². The Morgan fingerprint density at radius 1 is 1.44 bits per heavy atom. The van der Waals surface area contributed by atoms with E-state index in [1.165, 1.54) is 7.11 Å². The van der Waals surface area contributed by atoms with E-state index in [4.69, 9.17) is 9.47 Å². The Bertz CT molecular complexity index is 353. The third-order valence-corrected chi connectivity index (χ3v) is 2.65. The van der Waals surface area contributed by atoms with E-state index in [9.17, 15) is 4.79 Å². The van der Waals surface area contributed by atoms with Gasteiger partial charge >= 0.3 is 5.97 Å². The molecule has 0 aliphatic carbocycles. The number of ether oxygens (including phenoxy) is 2. The van der Waals surface area contributed by atoms with Gasteiger partial charge in [-0.25, -0.2) is 0 Å². The maximum absolute atomic E-state index is 11.6. The lowest BCUT2D eigenvalue weighted by molar-refractivity contribution is -0.150. The molecule has 0 saturated carbocycles. The van der Waals surface area contributed by atoms with Crippen LogP contribution < -0.4 is 5.32 Å². The van der Waals surface area contributed by atoms with E-state index in [1.54, 1.807) is 0 Å². The molecule has 4 nitrogen and oxygen atoms in total. The maximum atomic E-state index is 11.6. The molecule has 0 aromatic heterocycles. The number of methoxy groups -OCH3 is 1. The first-order valence-electron chi connectivity index (χ1n) is 5.30. The van der Waals surface area contributed by atoms with Crippen LogP contribution in [0.1, 0.15) is 11.7 Å². The molecular formula is C12H15NO3. The molecule has 1 heterocycles. The van der Waals surface area contributed by atoms with Crippen LogP contribution in [0.25, 0.3) is 0 Å². The van der Waals surface area contributed by atoms with Crippen molar-refractivity contribution < 1.29 is 14.3 Å². The third kappa shape index (κ3) is 2.23. The Morgan fingerprint density at radius 3 is 2.88 bits per heavy atom. The average molecular weight is 221 g/mol. The van der Waals surface area contributed by atoms with Gasteiger partial charge in [0.2, 0.25) is 0 Å². The van der Waals surface area contributed by atoms with Crippen molar-refractivity contribution in [3.05, 3.63) is 35.9 Å². The Morgan fingerprint density at radius 2 is 2.19 bits per heavy atom. The van der Waals surface area contributed by atoms with Crippen molar-refractivity contribution in [3.63, 3.8) is 0 Å². The molecule has 2 rings (SSSR count). The Hall–Kier alpha value is -1.39. The summed E-state index contributed by atoms with van der Waals surface area (Å²) in [6, 6.07) is 9.29. The molecule has 1 saturated heterocycles. The quantitative estimate of drug-likeness (QED) is 0.753. The van der Waals surface area contributed by atoms with Gasteiger partial charge in [-0.1, -0.05) is 30.3 Å². The van der Waals surface area contributed by atoms with Gasteiger partial charge in [0, 0.05) is 6.54 Å². The Labute approximate surface area is 94.6 Å². The van der Waals surface area contributed by atoms with Gasteiger partial charge in [0.1, 0.15) is 12.1 Å². The number of benzene rings is 1. The van der Waals surface area contributed by atoms with E-state index in [1.807, 2.05) is 30.3 Å². The molecule has 2 atom stereocenters. The number of rotatable bonds is 2. The van der Waals surface area contributed by atoms with Gasteiger partial charge in [-0.05, 0) is 5.56 Å².